The van der Waals surface area contributed by atoms with Crippen LogP contribution < -0.4 is 5.32 Å². The molecule has 1 atom stereocenters. The van der Waals surface area contributed by atoms with Gasteiger partial charge in [-0.2, -0.15) is 0 Å². The molecule has 5 nitrogen and oxygen atoms in total. The summed E-state index contributed by atoms with van der Waals surface area (Å²) in [6.45, 7) is 3.82. The van der Waals surface area contributed by atoms with Crippen molar-refractivity contribution >= 4 is 12.0 Å². The molecule has 0 bridgehead atoms. The number of nitrogens with zero attached hydrogens (tertiary/aromatic N) is 1. The Balaban J connectivity index is 1.96. The Bertz CT molecular complexity index is 321. The lowest BCUT2D eigenvalue weighted by Gasteiger charge is -2.16. The summed E-state index contributed by atoms with van der Waals surface area (Å²) in [4.78, 5) is 24.3. The first-order valence-electron chi connectivity index (χ1n) is 8.40. The molecule has 2 amide bonds. The van der Waals surface area contributed by atoms with Crippen molar-refractivity contribution < 1.29 is 14.7 Å². The van der Waals surface area contributed by atoms with E-state index >= 15 is 0 Å². The number of carboxylic acid groups (broad SMARTS) is 1. The number of hydrogen-bond donors (Lipinski definition) is 2. The maximum absolute atomic E-state index is 11.8. The minimum absolute atomic E-state index is 0.110. The third kappa shape index (κ3) is 7.34. The Kier molecular flexibility index (Phi) is 8.87. The molecule has 0 aromatic carbocycles. The van der Waals surface area contributed by atoms with E-state index in [0.29, 0.717) is 26.1 Å². The number of rotatable bonds is 10. The molecule has 0 aromatic heterocycles. The predicted octanol–water partition coefficient (Wildman–Crippen LogP) is 3.24. The van der Waals surface area contributed by atoms with E-state index in [1.54, 1.807) is 4.90 Å². The summed E-state index contributed by atoms with van der Waals surface area (Å²) in [6.07, 6.45) is 10.6. The zero-order valence-corrected chi connectivity index (χ0v) is 13.3. The van der Waals surface area contributed by atoms with E-state index in [2.05, 4.69) is 12.2 Å². The van der Waals surface area contributed by atoms with Crippen molar-refractivity contribution in [3.8, 4) is 0 Å². The second-order valence-electron chi connectivity index (χ2n) is 5.98. The highest BCUT2D eigenvalue weighted by atomic mass is 16.4. The van der Waals surface area contributed by atoms with E-state index in [-0.39, 0.29) is 11.9 Å². The molecule has 0 aliphatic carbocycles. The summed E-state index contributed by atoms with van der Waals surface area (Å²) in [5.41, 5.74) is 0. The number of nitrogens with one attached hydrogen (secondary N) is 1. The zero-order valence-electron chi connectivity index (χ0n) is 13.3. The molecule has 1 fully saturated rings. The predicted molar refractivity (Wildman–Crippen MR) is 83.3 cm³/mol. The second-order valence-corrected chi connectivity index (χ2v) is 5.98. The van der Waals surface area contributed by atoms with Crippen LogP contribution in [0.1, 0.15) is 64.7 Å². The Labute approximate surface area is 128 Å². The van der Waals surface area contributed by atoms with Gasteiger partial charge in [-0.25, -0.2) is 4.79 Å². The van der Waals surface area contributed by atoms with Gasteiger partial charge in [0.05, 0.1) is 5.92 Å². The maximum atomic E-state index is 11.8. The van der Waals surface area contributed by atoms with Gasteiger partial charge in [-0.3, -0.25) is 4.79 Å². The van der Waals surface area contributed by atoms with Crippen LogP contribution in [0.5, 0.6) is 0 Å². The third-order valence-electron chi connectivity index (χ3n) is 4.13. The van der Waals surface area contributed by atoms with E-state index in [9.17, 15) is 9.59 Å². The molecule has 21 heavy (non-hydrogen) atoms. The molecule has 1 aliphatic rings. The smallest absolute Gasteiger partial charge is 0.317 e. The van der Waals surface area contributed by atoms with Gasteiger partial charge in [-0.1, -0.05) is 51.9 Å². The Morgan fingerprint density at radius 2 is 1.71 bits per heavy atom. The molecule has 1 aliphatic heterocycles. The van der Waals surface area contributed by atoms with Crippen molar-refractivity contribution in [2.45, 2.75) is 64.7 Å². The SMILES string of the molecule is CCCCCCCCCCNC(=O)N1CCC(C(=O)O)C1. The first kappa shape index (κ1) is 17.8. The topological polar surface area (TPSA) is 69.6 Å². The van der Waals surface area contributed by atoms with Gasteiger partial charge in [0, 0.05) is 19.6 Å². The summed E-state index contributed by atoms with van der Waals surface area (Å²) in [7, 11) is 0. The lowest BCUT2D eigenvalue weighted by atomic mass is 10.1. The summed E-state index contributed by atoms with van der Waals surface area (Å²) < 4.78 is 0. The van der Waals surface area contributed by atoms with E-state index in [1.807, 2.05) is 0 Å². The van der Waals surface area contributed by atoms with Gasteiger partial charge in [-0.05, 0) is 12.8 Å². The fourth-order valence-electron chi connectivity index (χ4n) is 2.71. The van der Waals surface area contributed by atoms with E-state index < -0.39 is 5.97 Å². The molecule has 1 rings (SSSR count). The van der Waals surface area contributed by atoms with Crippen LogP contribution in [0.25, 0.3) is 0 Å². The highest BCUT2D eigenvalue weighted by Gasteiger charge is 2.30. The molecule has 1 unspecified atom stereocenters. The normalized spacial score (nSPS) is 18.0. The number of unbranched alkanes of at least 4 members (excludes halogenated alkanes) is 7. The lowest BCUT2D eigenvalue weighted by molar-refractivity contribution is -0.141. The number of urea groups is 1. The number of hydrogen-bond acceptors (Lipinski definition) is 2. The highest BCUT2D eigenvalue weighted by molar-refractivity contribution is 5.77. The van der Waals surface area contributed by atoms with Crippen molar-refractivity contribution in [3.05, 3.63) is 0 Å². The molecule has 0 spiro atoms. The maximum Gasteiger partial charge on any atom is 0.317 e. The Hall–Kier alpha value is -1.26. The van der Waals surface area contributed by atoms with Gasteiger partial charge in [0.2, 0.25) is 0 Å². The number of carbonyl (C=O) groups excluding carboxylic acids is 1. The minimum atomic E-state index is -0.798. The number of carboxylic acids is 1. The van der Waals surface area contributed by atoms with E-state index in [4.69, 9.17) is 5.11 Å². The van der Waals surface area contributed by atoms with Crippen molar-refractivity contribution in [3.63, 3.8) is 0 Å². The first-order valence-corrected chi connectivity index (χ1v) is 8.40. The molecular formula is C16H30N2O3. The van der Waals surface area contributed by atoms with E-state index in [0.717, 1.165) is 12.8 Å². The van der Waals surface area contributed by atoms with Crippen LogP contribution in [0, 0.1) is 5.92 Å². The second kappa shape index (κ2) is 10.5. The van der Waals surface area contributed by atoms with Crippen LogP contribution in [-0.2, 0) is 4.79 Å². The van der Waals surface area contributed by atoms with Crippen LogP contribution in [-0.4, -0.2) is 41.6 Å². The summed E-state index contributed by atoms with van der Waals surface area (Å²) >= 11 is 0. The molecule has 2 N–H and O–H groups in total. The van der Waals surface area contributed by atoms with Gasteiger partial charge in [0.1, 0.15) is 0 Å². The summed E-state index contributed by atoms with van der Waals surface area (Å²) in [5, 5.41) is 11.8. The van der Waals surface area contributed by atoms with Crippen molar-refractivity contribution in [2.24, 2.45) is 5.92 Å². The highest BCUT2D eigenvalue weighted by Crippen LogP contribution is 2.16. The largest absolute Gasteiger partial charge is 0.481 e. The molecule has 1 heterocycles. The lowest BCUT2D eigenvalue weighted by Crippen LogP contribution is -2.39. The fraction of sp³-hybridized carbons (Fsp3) is 0.875. The van der Waals surface area contributed by atoms with Crippen LogP contribution >= 0.6 is 0 Å². The van der Waals surface area contributed by atoms with Crippen molar-refractivity contribution in [1.29, 1.82) is 0 Å². The van der Waals surface area contributed by atoms with Gasteiger partial charge < -0.3 is 15.3 Å². The molecule has 0 aromatic rings. The van der Waals surface area contributed by atoms with Gasteiger partial charge >= 0.3 is 12.0 Å². The van der Waals surface area contributed by atoms with Crippen molar-refractivity contribution in [2.75, 3.05) is 19.6 Å². The molecule has 122 valence electrons. The third-order valence-corrected chi connectivity index (χ3v) is 4.13. The van der Waals surface area contributed by atoms with Gasteiger partial charge in [0.15, 0.2) is 0 Å². The molecular weight excluding hydrogens is 268 g/mol. The van der Waals surface area contributed by atoms with Gasteiger partial charge in [-0.15, -0.1) is 0 Å². The number of aliphatic carboxylic acids is 1. The number of amides is 2. The van der Waals surface area contributed by atoms with Crippen LogP contribution in [0.4, 0.5) is 4.79 Å². The summed E-state index contributed by atoms with van der Waals surface area (Å²) in [6, 6.07) is -0.110. The quantitative estimate of drug-likeness (QED) is 0.608. The molecule has 0 saturated carbocycles. The van der Waals surface area contributed by atoms with Crippen LogP contribution in [0.15, 0.2) is 0 Å². The Morgan fingerprint density at radius 3 is 2.29 bits per heavy atom. The average molecular weight is 298 g/mol. The zero-order chi connectivity index (χ0) is 15.5. The van der Waals surface area contributed by atoms with Crippen LogP contribution in [0.3, 0.4) is 0 Å². The van der Waals surface area contributed by atoms with Crippen LogP contribution in [0.2, 0.25) is 0 Å². The molecule has 5 heteroatoms. The number of carbonyl (C=O) groups is 2. The standard InChI is InChI=1S/C16H30N2O3/c1-2-3-4-5-6-7-8-9-11-17-16(21)18-12-10-14(13-18)15(19)20/h14H,2-13H2,1H3,(H,17,21)(H,19,20). The number of likely N-dealkylation sites (tertiary alicyclic amines) is 1. The fourth-order valence-corrected chi connectivity index (χ4v) is 2.71. The van der Waals surface area contributed by atoms with Gasteiger partial charge in [0.25, 0.3) is 0 Å². The molecule has 1 saturated heterocycles. The average Bonchev–Trinajstić information content (AvgIpc) is 2.95. The summed E-state index contributed by atoms with van der Waals surface area (Å²) in [5.74, 6) is -1.19. The Morgan fingerprint density at radius 1 is 1.10 bits per heavy atom. The minimum Gasteiger partial charge on any atom is -0.481 e. The molecule has 0 radical (unpaired) electrons. The van der Waals surface area contributed by atoms with Crippen molar-refractivity contribution in [1.82, 2.24) is 10.2 Å². The monoisotopic (exact) mass is 298 g/mol. The first-order chi connectivity index (χ1) is 10.1. The van der Waals surface area contributed by atoms with E-state index in [1.165, 1.54) is 38.5 Å².